The van der Waals surface area contributed by atoms with Gasteiger partial charge in [0.1, 0.15) is 0 Å². The van der Waals surface area contributed by atoms with Crippen molar-refractivity contribution in [1.82, 2.24) is 0 Å². The number of esters is 1. The molecule has 0 saturated carbocycles. The molecule has 0 fully saturated rings. The van der Waals surface area contributed by atoms with Crippen molar-refractivity contribution in [3.63, 3.8) is 0 Å². The number of carbonyl (C=O) groups excluding carboxylic acids is 1. The molecule has 2 atom stereocenters. The molecule has 0 aliphatic carbocycles. The predicted molar refractivity (Wildman–Crippen MR) is 108 cm³/mol. The quantitative estimate of drug-likeness (QED) is 0.278. The Labute approximate surface area is 161 Å². The van der Waals surface area contributed by atoms with Gasteiger partial charge in [0.2, 0.25) is 0 Å². The van der Waals surface area contributed by atoms with E-state index in [4.69, 9.17) is 4.74 Å². The topological polar surface area (TPSA) is 66.8 Å². The molecule has 2 N–H and O–H groups in total. The zero-order valence-corrected chi connectivity index (χ0v) is 17.2. The lowest BCUT2D eigenvalue weighted by molar-refractivity contribution is -0.133. The first kappa shape index (κ1) is 22.9. The van der Waals surface area contributed by atoms with Gasteiger partial charge < -0.3 is 14.9 Å². The Hall–Kier alpha value is -1.17. The molecule has 0 aliphatic rings. The average Bonchev–Trinajstić information content (AvgIpc) is 3.13. The van der Waals surface area contributed by atoms with Crippen LogP contribution in [-0.2, 0) is 9.53 Å². The highest BCUT2D eigenvalue weighted by Gasteiger charge is 2.18. The van der Waals surface area contributed by atoms with Crippen molar-refractivity contribution in [2.75, 3.05) is 7.11 Å². The molecule has 0 bridgehead atoms. The van der Waals surface area contributed by atoms with Crippen LogP contribution in [0.15, 0.2) is 18.2 Å². The number of rotatable bonds is 13. The first-order valence-electron chi connectivity index (χ1n) is 9.78. The first-order valence-corrected chi connectivity index (χ1v) is 10.6. The largest absolute Gasteiger partial charge is 0.465 e. The fourth-order valence-corrected chi connectivity index (χ4v) is 3.81. The average molecular weight is 383 g/mol. The number of aliphatic hydroxyl groups is 2. The monoisotopic (exact) mass is 382 g/mol. The minimum absolute atomic E-state index is 0.410. The SMILES string of the molecule is CCCCCCCCC(O)c1ccc(C(=CCC(O)CC)C(=O)OC)s1. The second kappa shape index (κ2) is 13.1. The summed E-state index contributed by atoms with van der Waals surface area (Å²) in [5.74, 6) is -0.410. The summed E-state index contributed by atoms with van der Waals surface area (Å²) in [5, 5.41) is 20.1. The van der Waals surface area contributed by atoms with E-state index < -0.39 is 18.2 Å². The Morgan fingerprint density at radius 3 is 2.50 bits per heavy atom. The minimum atomic E-state index is -0.486. The van der Waals surface area contributed by atoms with E-state index in [-0.39, 0.29) is 0 Å². The fraction of sp³-hybridized carbons (Fsp3) is 0.667. The molecule has 1 aromatic heterocycles. The Bertz CT molecular complexity index is 550. The number of unbranched alkanes of at least 4 members (excludes halogenated alkanes) is 5. The maximum Gasteiger partial charge on any atom is 0.338 e. The summed E-state index contributed by atoms with van der Waals surface area (Å²) in [4.78, 5) is 13.7. The van der Waals surface area contributed by atoms with Crippen molar-refractivity contribution in [2.45, 2.75) is 83.8 Å². The lowest BCUT2D eigenvalue weighted by atomic mass is 10.1. The lowest BCUT2D eigenvalue weighted by Crippen LogP contribution is -2.06. The highest BCUT2D eigenvalue weighted by molar-refractivity contribution is 7.13. The molecule has 1 heterocycles. The molecule has 0 aromatic carbocycles. The highest BCUT2D eigenvalue weighted by atomic mass is 32.1. The summed E-state index contributed by atoms with van der Waals surface area (Å²) in [5.41, 5.74) is 0.461. The van der Waals surface area contributed by atoms with E-state index in [9.17, 15) is 15.0 Å². The van der Waals surface area contributed by atoms with Crippen LogP contribution >= 0.6 is 11.3 Å². The number of aliphatic hydroxyl groups excluding tert-OH is 2. The molecule has 0 radical (unpaired) electrons. The summed E-state index contributed by atoms with van der Waals surface area (Å²) in [6.07, 6.45) is 9.76. The minimum Gasteiger partial charge on any atom is -0.465 e. The number of thiophene rings is 1. The number of methoxy groups -OCH3 is 1. The van der Waals surface area contributed by atoms with E-state index in [2.05, 4.69) is 6.92 Å². The van der Waals surface area contributed by atoms with Gasteiger partial charge in [-0.2, -0.15) is 0 Å². The van der Waals surface area contributed by atoms with E-state index in [0.717, 1.165) is 29.0 Å². The van der Waals surface area contributed by atoms with Crippen LogP contribution in [0.25, 0.3) is 5.57 Å². The summed E-state index contributed by atoms with van der Waals surface area (Å²) < 4.78 is 4.87. The molecule has 5 heteroatoms. The third kappa shape index (κ3) is 8.02. The normalized spacial score (nSPS) is 14.3. The molecular weight excluding hydrogens is 348 g/mol. The molecule has 0 amide bonds. The van der Waals surface area contributed by atoms with Gasteiger partial charge in [0.15, 0.2) is 0 Å². The van der Waals surface area contributed by atoms with Gasteiger partial charge in [-0.25, -0.2) is 4.79 Å². The number of hydrogen-bond acceptors (Lipinski definition) is 5. The molecule has 26 heavy (non-hydrogen) atoms. The third-order valence-electron chi connectivity index (χ3n) is 4.52. The van der Waals surface area contributed by atoms with Crippen LogP contribution in [0.4, 0.5) is 0 Å². The standard InChI is InChI=1S/C21H34O4S/c1-4-6-7-8-9-10-11-18(23)20-15-14-19(26-20)17(21(24)25-3)13-12-16(22)5-2/h13-16,18,22-23H,4-12H2,1-3H3. The predicted octanol–water partition coefficient (Wildman–Crippen LogP) is 5.25. The molecule has 2 unspecified atom stereocenters. The second-order valence-electron chi connectivity index (χ2n) is 6.68. The van der Waals surface area contributed by atoms with Crippen molar-refractivity contribution in [3.05, 3.63) is 28.0 Å². The van der Waals surface area contributed by atoms with E-state index >= 15 is 0 Å². The smallest absolute Gasteiger partial charge is 0.338 e. The van der Waals surface area contributed by atoms with E-state index in [0.29, 0.717) is 18.4 Å². The molecule has 4 nitrogen and oxygen atoms in total. The van der Waals surface area contributed by atoms with Crippen LogP contribution in [0.2, 0.25) is 0 Å². The van der Waals surface area contributed by atoms with Gasteiger partial charge >= 0.3 is 5.97 Å². The third-order valence-corrected chi connectivity index (χ3v) is 5.74. The number of hydrogen-bond donors (Lipinski definition) is 2. The highest BCUT2D eigenvalue weighted by Crippen LogP contribution is 2.32. The number of ether oxygens (including phenoxy) is 1. The van der Waals surface area contributed by atoms with Crippen molar-refractivity contribution in [2.24, 2.45) is 0 Å². The zero-order valence-electron chi connectivity index (χ0n) is 16.4. The van der Waals surface area contributed by atoms with Crippen molar-refractivity contribution >= 4 is 22.9 Å². The maximum atomic E-state index is 12.1. The summed E-state index contributed by atoms with van der Waals surface area (Å²) in [6, 6.07) is 3.74. The van der Waals surface area contributed by atoms with Gasteiger partial charge in [0.25, 0.3) is 0 Å². The summed E-state index contributed by atoms with van der Waals surface area (Å²) in [6.45, 7) is 4.11. The zero-order chi connectivity index (χ0) is 19.4. The van der Waals surface area contributed by atoms with Crippen LogP contribution in [0.5, 0.6) is 0 Å². The second-order valence-corrected chi connectivity index (χ2v) is 7.80. The van der Waals surface area contributed by atoms with Crippen molar-refractivity contribution < 1.29 is 19.7 Å². The van der Waals surface area contributed by atoms with Gasteiger partial charge in [-0.1, -0.05) is 58.4 Å². The van der Waals surface area contributed by atoms with E-state index in [1.807, 2.05) is 19.1 Å². The Balaban J connectivity index is 2.65. The molecule has 148 valence electrons. The lowest BCUT2D eigenvalue weighted by Gasteiger charge is -2.09. The van der Waals surface area contributed by atoms with Crippen molar-refractivity contribution in [1.29, 1.82) is 0 Å². The molecule has 1 rings (SSSR count). The molecule has 0 aliphatic heterocycles. The van der Waals surface area contributed by atoms with Gasteiger partial charge in [-0.3, -0.25) is 0 Å². The van der Waals surface area contributed by atoms with Crippen LogP contribution < -0.4 is 0 Å². The van der Waals surface area contributed by atoms with Crippen LogP contribution in [-0.4, -0.2) is 29.4 Å². The molecule has 1 aromatic rings. The van der Waals surface area contributed by atoms with Crippen LogP contribution in [0, 0.1) is 0 Å². The maximum absolute atomic E-state index is 12.1. The van der Waals surface area contributed by atoms with Crippen LogP contribution in [0.1, 0.15) is 87.5 Å². The van der Waals surface area contributed by atoms with Gasteiger partial charge in [0.05, 0.1) is 24.9 Å². The van der Waals surface area contributed by atoms with E-state index in [1.165, 1.54) is 44.1 Å². The molecule has 0 saturated heterocycles. The summed E-state index contributed by atoms with van der Waals surface area (Å²) in [7, 11) is 1.36. The first-order chi connectivity index (χ1) is 12.5. The van der Waals surface area contributed by atoms with Crippen molar-refractivity contribution in [3.8, 4) is 0 Å². The van der Waals surface area contributed by atoms with Gasteiger partial charge in [0, 0.05) is 9.75 Å². The van der Waals surface area contributed by atoms with E-state index in [1.54, 1.807) is 6.08 Å². The summed E-state index contributed by atoms with van der Waals surface area (Å²) >= 11 is 1.42. The Kier molecular flexibility index (Phi) is 11.5. The fourth-order valence-electron chi connectivity index (χ4n) is 2.75. The van der Waals surface area contributed by atoms with Gasteiger partial charge in [-0.05, 0) is 31.4 Å². The van der Waals surface area contributed by atoms with Crippen LogP contribution in [0.3, 0.4) is 0 Å². The van der Waals surface area contributed by atoms with Gasteiger partial charge in [-0.15, -0.1) is 11.3 Å². The molecule has 0 spiro atoms. The number of carbonyl (C=O) groups is 1. The molecular formula is C21H34O4S. The Morgan fingerprint density at radius 2 is 1.85 bits per heavy atom. The Morgan fingerprint density at radius 1 is 1.15 bits per heavy atom.